The predicted octanol–water partition coefficient (Wildman–Crippen LogP) is 4.48. The van der Waals surface area contributed by atoms with E-state index in [0.29, 0.717) is 46.7 Å². The number of alkyl carbamates (subject to hydrolysis) is 1. The molecule has 4 aromatic rings. The maximum Gasteiger partial charge on any atom is 0.407 e. The van der Waals surface area contributed by atoms with Crippen molar-refractivity contribution in [2.24, 2.45) is 10.8 Å². The van der Waals surface area contributed by atoms with Crippen LogP contribution < -0.4 is 11.1 Å². The SMILES string of the molecule is C=NN(/C=C(\N)c1cc(C(=O)O)cc2c1cnn2C1CCCCO1)Cc1cn2cc(CNC(=O)OC(C)(C)C)ccc2n1. The maximum absolute atomic E-state index is 12.0. The number of nitrogens with zero attached hydrogens (tertiary/aromatic N) is 6. The minimum atomic E-state index is -1.07. The van der Waals surface area contributed by atoms with Crippen LogP contribution in [0.15, 0.2) is 54.2 Å². The van der Waals surface area contributed by atoms with E-state index < -0.39 is 17.7 Å². The van der Waals surface area contributed by atoms with Gasteiger partial charge in [-0.2, -0.15) is 10.2 Å². The lowest BCUT2D eigenvalue weighted by molar-refractivity contribution is -0.0366. The van der Waals surface area contributed by atoms with E-state index in [2.05, 4.69) is 27.2 Å². The van der Waals surface area contributed by atoms with Gasteiger partial charge in [0.2, 0.25) is 0 Å². The number of carbonyl (C=O) groups is 2. The quantitative estimate of drug-likeness (QED) is 0.189. The number of fused-ring (bicyclic) bond motifs is 2. The molecule has 1 aromatic carbocycles. The summed E-state index contributed by atoms with van der Waals surface area (Å²) in [5, 5.41) is 23.4. The van der Waals surface area contributed by atoms with Crippen LogP contribution >= 0.6 is 0 Å². The first-order valence-electron chi connectivity index (χ1n) is 14.0. The molecule has 1 fully saturated rings. The van der Waals surface area contributed by atoms with Crippen LogP contribution in [0, 0.1) is 0 Å². The van der Waals surface area contributed by atoms with E-state index in [0.717, 1.165) is 24.8 Å². The molecule has 5 rings (SSSR count). The molecule has 13 heteroatoms. The topological polar surface area (TPSA) is 162 Å². The summed E-state index contributed by atoms with van der Waals surface area (Å²) in [7, 11) is 0. The number of rotatable bonds is 9. The standard InChI is InChI=1S/C30H36N8O5/c1-30(2,3)43-29(41)33-13-19-8-9-26-35-21(16-36(26)15-19)17-37(32-4)18-24(31)22-11-20(28(39)40)12-25-23(22)14-34-38(25)27-7-5-6-10-42-27/h8-9,11-12,14-16,18,27H,4-7,10,13,17,31H2,1-3H3,(H,33,41)(H,39,40)/b24-18-. The summed E-state index contributed by atoms with van der Waals surface area (Å²) in [6.07, 6.45) is 9.05. The molecule has 13 nitrogen and oxygen atoms in total. The van der Waals surface area contributed by atoms with Gasteiger partial charge in [0.1, 0.15) is 11.2 Å². The van der Waals surface area contributed by atoms with Gasteiger partial charge in [0.25, 0.3) is 0 Å². The zero-order chi connectivity index (χ0) is 30.7. The Morgan fingerprint density at radius 1 is 1.30 bits per heavy atom. The Morgan fingerprint density at radius 3 is 2.81 bits per heavy atom. The summed E-state index contributed by atoms with van der Waals surface area (Å²) >= 11 is 0. The number of nitrogens with one attached hydrogen (secondary N) is 1. The van der Waals surface area contributed by atoms with Crippen LogP contribution in [0.25, 0.3) is 22.2 Å². The van der Waals surface area contributed by atoms with Crippen LogP contribution in [0.2, 0.25) is 0 Å². The Labute approximate surface area is 248 Å². The van der Waals surface area contributed by atoms with Gasteiger partial charge in [0, 0.05) is 49.4 Å². The average molecular weight is 589 g/mol. The molecule has 0 radical (unpaired) electrons. The number of carboxylic acids is 1. The van der Waals surface area contributed by atoms with Gasteiger partial charge in [-0.15, -0.1) is 0 Å². The second-order valence-electron chi connectivity index (χ2n) is 11.4. The number of nitrogens with two attached hydrogens (primary N) is 1. The highest BCUT2D eigenvalue weighted by molar-refractivity contribution is 5.98. The number of carboxylic acid groups (broad SMARTS) is 1. The molecule has 1 amide bonds. The van der Waals surface area contributed by atoms with Crippen molar-refractivity contribution in [2.45, 2.75) is 65.0 Å². The Balaban J connectivity index is 1.36. The van der Waals surface area contributed by atoms with Gasteiger partial charge in [0.15, 0.2) is 6.23 Å². The molecular weight excluding hydrogens is 552 g/mol. The van der Waals surface area contributed by atoms with Crippen LogP contribution in [-0.2, 0) is 22.6 Å². The molecule has 4 heterocycles. The highest BCUT2D eigenvalue weighted by Crippen LogP contribution is 2.31. The van der Waals surface area contributed by atoms with Crippen LogP contribution in [0.4, 0.5) is 4.79 Å². The Morgan fingerprint density at radius 2 is 2.12 bits per heavy atom. The van der Waals surface area contributed by atoms with Crippen LogP contribution in [0.1, 0.15) is 73.4 Å². The zero-order valence-corrected chi connectivity index (χ0v) is 24.5. The van der Waals surface area contributed by atoms with E-state index in [4.69, 9.17) is 15.2 Å². The van der Waals surface area contributed by atoms with Gasteiger partial charge < -0.3 is 30.0 Å². The smallest absolute Gasteiger partial charge is 0.407 e. The molecule has 0 aliphatic carbocycles. The number of hydrogen-bond donors (Lipinski definition) is 3. The van der Waals surface area contributed by atoms with Crippen molar-refractivity contribution in [1.29, 1.82) is 0 Å². The molecule has 0 spiro atoms. The number of imidazole rings is 1. The van der Waals surface area contributed by atoms with Crippen molar-refractivity contribution in [1.82, 2.24) is 29.5 Å². The van der Waals surface area contributed by atoms with Crippen molar-refractivity contribution < 1.29 is 24.2 Å². The first-order valence-corrected chi connectivity index (χ1v) is 14.0. The van der Waals surface area contributed by atoms with Crippen LogP contribution in [-0.4, -0.2) is 60.3 Å². The summed E-state index contributed by atoms with van der Waals surface area (Å²) in [5.74, 6) is -1.07. The lowest BCUT2D eigenvalue weighted by Gasteiger charge is -2.23. The number of hydrazone groups is 1. The van der Waals surface area contributed by atoms with Crippen molar-refractivity contribution in [2.75, 3.05) is 6.61 Å². The number of aromatic nitrogens is 4. The molecule has 1 unspecified atom stereocenters. The van der Waals surface area contributed by atoms with Crippen molar-refractivity contribution in [3.8, 4) is 0 Å². The molecule has 0 saturated carbocycles. The second-order valence-corrected chi connectivity index (χ2v) is 11.4. The first kappa shape index (κ1) is 29.6. The van der Waals surface area contributed by atoms with E-state index in [9.17, 15) is 14.7 Å². The number of hydrogen-bond acceptors (Lipinski definition) is 9. The molecule has 0 bridgehead atoms. The highest BCUT2D eigenvalue weighted by Gasteiger charge is 2.22. The van der Waals surface area contributed by atoms with Gasteiger partial charge in [-0.3, -0.25) is 5.01 Å². The molecular formula is C30H36N8O5. The van der Waals surface area contributed by atoms with Gasteiger partial charge in [-0.05, 0) is 63.8 Å². The zero-order valence-electron chi connectivity index (χ0n) is 24.5. The third-order valence-electron chi connectivity index (χ3n) is 6.89. The summed E-state index contributed by atoms with van der Waals surface area (Å²) < 4.78 is 14.8. The number of benzene rings is 1. The minimum absolute atomic E-state index is 0.0897. The van der Waals surface area contributed by atoms with Crippen molar-refractivity contribution >= 4 is 41.0 Å². The largest absolute Gasteiger partial charge is 0.478 e. The Kier molecular flexibility index (Phi) is 8.35. The summed E-state index contributed by atoms with van der Waals surface area (Å²) in [5.41, 5.74) is 9.77. The van der Waals surface area contributed by atoms with E-state index >= 15 is 0 Å². The number of amides is 1. The molecule has 1 saturated heterocycles. The second kappa shape index (κ2) is 12.1. The fourth-order valence-corrected chi connectivity index (χ4v) is 4.95. The molecule has 4 N–H and O–H groups in total. The summed E-state index contributed by atoms with van der Waals surface area (Å²) in [4.78, 5) is 28.7. The van der Waals surface area contributed by atoms with Gasteiger partial charge in [0.05, 0.1) is 35.2 Å². The summed E-state index contributed by atoms with van der Waals surface area (Å²) in [6.45, 7) is 10.3. The fourth-order valence-electron chi connectivity index (χ4n) is 4.95. The summed E-state index contributed by atoms with van der Waals surface area (Å²) in [6, 6.07) is 6.86. The number of aromatic carboxylic acids is 1. The number of pyridine rings is 1. The molecule has 1 atom stereocenters. The van der Waals surface area contributed by atoms with E-state index in [1.165, 1.54) is 11.1 Å². The average Bonchev–Trinajstić information content (AvgIpc) is 3.58. The predicted molar refractivity (Wildman–Crippen MR) is 161 cm³/mol. The van der Waals surface area contributed by atoms with Gasteiger partial charge >= 0.3 is 12.1 Å². The fraction of sp³-hybridized carbons (Fsp3) is 0.367. The molecule has 3 aromatic heterocycles. The third-order valence-corrected chi connectivity index (χ3v) is 6.89. The maximum atomic E-state index is 12.0. The molecule has 1 aliphatic heterocycles. The van der Waals surface area contributed by atoms with Crippen LogP contribution in [0.5, 0.6) is 0 Å². The van der Waals surface area contributed by atoms with Gasteiger partial charge in [-0.1, -0.05) is 6.07 Å². The lowest BCUT2D eigenvalue weighted by atomic mass is 10.0. The number of carbonyl (C=O) groups excluding carboxylic acids is 1. The first-order chi connectivity index (χ1) is 20.5. The van der Waals surface area contributed by atoms with Gasteiger partial charge in [-0.25, -0.2) is 19.3 Å². The van der Waals surface area contributed by atoms with Crippen molar-refractivity contribution in [3.63, 3.8) is 0 Å². The molecule has 226 valence electrons. The van der Waals surface area contributed by atoms with Crippen LogP contribution in [0.3, 0.4) is 0 Å². The monoisotopic (exact) mass is 588 g/mol. The third kappa shape index (κ3) is 6.95. The highest BCUT2D eigenvalue weighted by atomic mass is 16.6. The molecule has 43 heavy (non-hydrogen) atoms. The lowest BCUT2D eigenvalue weighted by Crippen LogP contribution is -2.32. The van der Waals surface area contributed by atoms with E-state index in [-0.39, 0.29) is 18.3 Å². The Hall–Kier alpha value is -4.91. The Bertz CT molecular complexity index is 1690. The van der Waals surface area contributed by atoms with Crippen molar-refractivity contribution in [3.05, 3.63) is 71.4 Å². The van der Waals surface area contributed by atoms with E-state index in [1.807, 2.05) is 49.7 Å². The normalized spacial score (nSPS) is 15.9. The van der Waals surface area contributed by atoms with E-state index in [1.54, 1.807) is 23.1 Å². The molecule has 1 aliphatic rings. The minimum Gasteiger partial charge on any atom is -0.478 e. The number of ether oxygens (including phenoxy) is 2.